The molecule has 18 heavy (non-hydrogen) atoms. The molecule has 1 aliphatic heterocycles. The molecular weight excluding hydrogens is 242 g/mol. The molecule has 1 heterocycles. The molecule has 0 bridgehead atoms. The molecule has 1 aromatic rings. The van der Waals surface area contributed by atoms with Crippen molar-refractivity contribution in [2.45, 2.75) is 20.3 Å². The summed E-state index contributed by atoms with van der Waals surface area (Å²) in [5.41, 5.74) is 3.11. The smallest absolute Gasteiger partial charge is 0.119 e. The van der Waals surface area contributed by atoms with E-state index in [1.54, 1.807) is 11.8 Å². The third-order valence-corrected chi connectivity index (χ3v) is 3.50. The van der Waals surface area contributed by atoms with Gasteiger partial charge in [0.1, 0.15) is 5.75 Å². The van der Waals surface area contributed by atoms with Crippen LogP contribution >= 0.6 is 11.8 Å². The van der Waals surface area contributed by atoms with Gasteiger partial charge in [-0.05, 0) is 36.1 Å². The number of benzene rings is 1. The van der Waals surface area contributed by atoms with Gasteiger partial charge in [0.15, 0.2) is 0 Å². The summed E-state index contributed by atoms with van der Waals surface area (Å²) in [6.07, 6.45) is 3.27. The van der Waals surface area contributed by atoms with Crippen molar-refractivity contribution in [1.82, 2.24) is 0 Å². The van der Waals surface area contributed by atoms with E-state index in [0.29, 0.717) is 5.92 Å². The molecule has 2 rings (SSSR count). The molecule has 0 radical (unpaired) electrons. The highest BCUT2D eigenvalue weighted by Crippen LogP contribution is 2.23. The van der Waals surface area contributed by atoms with Gasteiger partial charge in [0.2, 0.25) is 0 Å². The lowest BCUT2D eigenvalue weighted by Gasteiger charge is -2.08. The van der Waals surface area contributed by atoms with E-state index in [1.165, 1.54) is 10.5 Å². The third kappa shape index (κ3) is 4.22. The minimum Gasteiger partial charge on any atom is -0.494 e. The van der Waals surface area contributed by atoms with Crippen LogP contribution in [0.3, 0.4) is 0 Å². The number of ether oxygens (including phenoxy) is 1. The van der Waals surface area contributed by atoms with Crippen LogP contribution in [-0.2, 0) is 0 Å². The van der Waals surface area contributed by atoms with Crippen molar-refractivity contribution in [3.8, 4) is 5.75 Å². The third-order valence-electron chi connectivity index (χ3n) is 2.70. The lowest BCUT2D eigenvalue weighted by molar-refractivity contribution is 0.289. The van der Waals surface area contributed by atoms with Gasteiger partial charge in [-0.1, -0.05) is 37.7 Å². The standard InChI is InChI=1S/C15H19NOS/c1-12(2)7-8-17-14-5-3-13(4-6-14)9-15-10-16-11-18-15/h3-6,9,11-12H,7-8,10H2,1-2H3. The number of rotatable bonds is 5. The van der Waals surface area contributed by atoms with Crippen LogP contribution in [0.4, 0.5) is 0 Å². The predicted molar refractivity (Wildman–Crippen MR) is 80.3 cm³/mol. The molecule has 0 amide bonds. The Hall–Kier alpha value is -1.22. The van der Waals surface area contributed by atoms with Gasteiger partial charge in [-0.25, -0.2) is 0 Å². The maximum absolute atomic E-state index is 5.69. The van der Waals surface area contributed by atoms with Crippen molar-refractivity contribution in [2.24, 2.45) is 10.9 Å². The van der Waals surface area contributed by atoms with Crippen LogP contribution in [-0.4, -0.2) is 18.7 Å². The second-order valence-corrected chi connectivity index (χ2v) is 5.75. The zero-order chi connectivity index (χ0) is 12.8. The van der Waals surface area contributed by atoms with Gasteiger partial charge in [0.05, 0.1) is 18.7 Å². The van der Waals surface area contributed by atoms with E-state index in [2.05, 4.69) is 37.0 Å². The Morgan fingerprint density at radius 2 is 2.11 bits per heavy atom. The molecule has 96 valence electrons. The van der Waals surface area contributed by atoms with Crippen LogP contribution < -0.4 is 4.74 Å². The van der Waals surface area contributed by atoms with Gasteiger partial charge in [-0.2, -0.15) is 0 Å². The lowest BCUT2D eigenvalue weighted by atomic mass is 10.1. The van der Waals surface area contributed by atoms with E-state index in [-0.39, 0.29) is 0 Å². The number of hydrogen-bond acceptors (Lipinski definition) is 3. The normalized spacial score (nSPS) is 16.7. The first-order valence-electron chi connectivity index (χ1n) is 6.32. The summed E-state index contributed by atoms with van der Waals surface area (Å²) >= 11 is 1.70. The Balaban J connectivity index is 1.87. The van der Waals surface area contributed by atoms with Crippen LogP contribution in [0.5, 0.6) is 5.75 Å². The molecule has 0 fully saturated rings. The van der Waals surface area contributed by atoms with Crippen molar-refractivity contribution < 1.29 is 4.74 Å². The molecule has 0 saturated carbocycles. The Morgan fingerprint density at radius 1 is 1.33 bits per heavy atom. The molecule has 2 nitrogen and oxygen atoms in total. The highest BCUT2D eigenvalue weighted by molar-refractivity contribution is 8.15. The molecule has 0 aliphatic carbocycles. The number of hydrogen-bond donors (Lipinski definition) is 0. The van der Waals surface area contributed by atoms with Crippen LogP contribution in [0.15, 0.2) is 34.2 Å². The van der Waals surface area contributed by atoms with Crippen molar-refractivity contribution in [3.63, 3.8) is 0 Å². The summed E-state index contributed by atoms with van der Waals surface area (Å²) in [5, 5.41) is 0. The summed E-state index contributed by atoms with van der Waals surface area (Å²) in [4.78, 5) is 5.48. The van der Waals surface area contributed by atoms with Gasteiger partial charge in [-0.3, -0.25) is 4.99 Å². The number of nitrogens with zero attached hydrogens (tertiary/aromatic N) is 1. The predicted octanol–water partition coefficient (Wildman–Crippen LogP) is 4.23. The highest BCUT2D eigenvalue weighted by atomic mass is 32.2. The van der Waals surface area contributed by atoms with Crippen LogP contribution in [0.1, 0.15) is 25.8 Å². The zero-order valence-corrected chi connectivity index (χ0v) is 11.7. The van der Waals surface area contributed by atoms with E-state index < -0.39 is 0 Å². The minimum absolute atomic E-state index is 0.688. The molecule has 0 spiro atoms. The second-order valence-electron chi connectivity index (χ2n) is 4.77. The van der Waals surface area contributed by atoms with E-state index in [0.717, 1.165) is 25.3 Å². The molecule has 0 saturated heterocycles. The van der Waals surface area contributed by atoms with Crippen LogP contribution in [0.2, 0.25) is 0 Å². The quantitative estimate of drug-likeness (QED) is 0.791. The Bertz CT molecular complexity index is 424. The molecule has 0 aromatic heterocycles. The van der Waals surface area contributed by atoms with Crippen LogP contribution in [0, 0.1) is 5.92 Å². The van der Waals surface area contributed by atoms with Gasteiger partial charge in [0, 0.05) is 4.91 Å². The highest BCUT2D eigenvalue weighted by Gasteiger charge is 2.02. The Morgan fingerprint density at radius 3 is 2.72 bits per heavy atom. The average molecular weight is 261 g/mol. The van der Waals surface area contributed by atoms with E-state index in [9.17, 15) is 0 Å². The van der Waals surface area contributed by atoms with Crippen molar-refractivity contribution in [1.29, 1.82) is 0 Å². The fraction of sp³-hybridized carbons (Fsp3) is 0.400. The fourth-order valence-electron chi connectivity index (χ4n) is 1.61. The van der Waals surface area contributed by atoms with Gasteiger partial charge >= 0.3 is 0 Å². The number of thioether (sulfide) groups is 1. The molecule has 0 unspecified atom stereocenters. The molecule has 0 atom stereocenters. The summed E-state index contributed by atoms with van der Waals surface area (Å²) in [5.74, 6) is 1.64. The van der Waals surface area contributed by atoms with E-state index >= 15 is 0 Å². The first kappa shape index (κ1) is 13.2. The summed E-state index contributed by atoms with van der Waals surface area (Å²) < 4.78 is 5.69. The first-order valence-corrected chi connectivity index (χ1v) is 7.20. The van der Waals surface area contributed by atoms with E-state index in [1.807, 2.05) is 17.7 Å². The Kier molecular flexibility index (Phi) is 4.88. The topological polar surface area (TPSA) is 21.6 Å². The molecule has 0 N–H and O–H groups in total. The summed E-state index contributed by atoms with van der Waals surface area (Å²) in [7, 11) is 0. The summed E-state index contributed by atoms with van der Waals surface area (Å²) in [6.45, 7) is 6.03. The van der Waals surface area contributed by atoms with Gasteiger partial charge in [-0.15, -0.1) is 0 Å². The molecule has 3 heteroatoms. The fourth-order valence-corrected chi connectivity index (χ4v) is 2.25. The molecular formula is C15H19NOS. The Labute approximate surface area is 113 Å². The average Bonchev–Trinajstić information content (AvgIpc) is 2.84. The second kappa shape index (κ2) is 6.64. The molecule has 1 aromatic carbocycles. The van der Waals surface area contributed by atoms with Gasteiger partial charge in [0.25, 0.3) is 0 Å². The monoisotopic (exact) mass is 261 g/mol. The van der Waals surface area contributed by atoms with Crippen molar-refractivity contribution in [3.05, 3.63) is 34.7 Å². The lowest BCUT2D eigenvalue weighted by Crippen LogP contribution is -2.01. The summed E-state index contributed by atoms with van der Waals surface area (Å²) in [6, 6.07) is 8.26. The molecule has 1 aliphatic rings. The minimum atomic E-state index is 0.688. The van der Waals surface area contributed by atoms with E-state index in [4.69, 9.17) is 4.74 Å². The van der Waals surface area contributed by atoms with Crippen molar-refractivity contribution in [2.75, 3.05) is 13.2 Å². The largest absolute Gasteiger partial charge is 0.494 e. The first-order chi connectivity index (χ1) is 8.74. The van der Waals surface area contributed by atoms with Crippen molar-refractivity contribution >= 4 is 23.4 Å². The maximum atomic E-state index is 5.69. The van der Waals surface area contributed by atoms with Gasteiger partial charge < -0.3 is 4.74 Å². The zero-order valence-electron chi connectivity index (χ0n) is 10.9. The SMILES string of the molecule is CC(C)CCOc1ccc(C=C2CN=CS2)cc1. The van der Waals surface area contributed by atoms with Crippen LogP contribution in [0.25, 0.3) is 6.08 Å². The maximum Gasteiger partial charge on any atom is 0.119 e. The number of aliphatic imine (C=N–C) groups is 1.